The largest absolute Gasteiger partial charge is 0.384 e. The summed E-state index contributed by atoms with van der Waals surface area (Å²) in [5, 5.41) is 2.88. The van der Waals surface area contributed by atoms with Gasteiger partial charge in [0.05, 0.1) is 5.92 Å². The van der Waals surface area contributed by atoms with Crippen molar-refractivity contribution in [3.63, 3.8) is 0 Å². The lowest BCUT2D eigenvalue weighted by atomic mass is 9.78. The number of halogens is 1. The third-order valence-electron chi connectivity index (χ3n) is 5.51. The van der Waals surface area contributed by atoms with Gasteiger partial charge in [-0.15, -0.1) is 0 Å². The van der Waals surface area contributed by atoms with Crippen LogP contribution in [0, 0.1) is 11.7 Å². The highest BCUT2D eigenvalue weighted by Gasteiger charge is 2.46. The van der Waals surface area contributed by atoms with E-state index in [4.69, 9.17) is 11.5 Å². The van der Waals surface area contributed by atoms with Gasteiger partial charge in [-0.2, -0.15) is 0 Å². The molecule has 0 saturated carbocycles. The molecule has 0 spiro atoms. The standard InChI is InChI=1S/C22H30FN5O2/c1-4-11-28(3)22(2,21(25)30)18(12-15-5-8-17(23)9-6-15)20(29)27-14-16-7-10-19(24)26-13-16/h5-10,13,18H,4,11-12,14H2,1-3H3,(H2,24,26)(H2,25,30)(H,27,29)/t18-,22?/m1/s1. The molecule has 1 heterocycles. The molecule has 2 atom stereocenters. The fourth-order valence-electron chi connectivity index (χ4n) is 3.45. The van der Waals surface area contributed by atoms with Crippen LogP contribution < -0.4 is 16.8 Å². The maximum atomic E-state index is 13.3. The zero-order valence-electron chi connectivity index (χ0n) is 17.7. The van der Waals surface area contributed by atoms with Gasteiger partial charge in [-0.05, 0) is 62.7 Å². The summed E-state index contributed by atoms with van der Waals surface area (Å²) in [4.78, 5) is 31.6. The second kappa shape index (κ2) is 10.2. The Morgan fingerprint density at radius 1 is 1.20 bits per heavy atom. The summed E-state index contributed by atoms with van der Waals surface area (Å²) in [7, 11) is 1.78. The van der Waals surface area contributed by atoms with Gasteiger partial charge in [-0.25, -0.2) is 9.37 Å². The number of nitrogens with one attached hydrogen (secondary N) is 1. The first-order valence-electron chi connectivity index (χ1n) is 9.92. The number of primary amides is 1. The zero-order chi connectivity index (χ0) is 22.3. The molecule has 7 nitrogen and oxygen atoms in total. The second-order valence-corrected chi connectivity index (χ2v) is 7.63. The van der Waals surface area contributed by atoms with E-state index in [0.717, 1.165) is 17.5 Å². The van der Waals surface area contributed by atoms with Crippen LogP contribution in [-0.4, -0.2) is 40.8 Å². The van der Waals surface area contributed by atoms with E-state index in [-0.39, 0.29) is 24.7 Å². The minimum atomic E-state index is -1.23. The number of carbonyl (C=O) groups is 2. The minimum absolute atomic E-state index is 0.234. The number of nitrogens with zero attached hydrogens (tertiary/aromatic N) is 2. The van der Waals surface area contributed by atoms with E-state index in [9.17, 15) is 14.0 Å². The molecule has 8 heteroatoms. The van der Waals surface area contributed by atoms with Gasteiger partial charge in [-0.3, -0.25) is 14.5 Å². The molecular formula is C22H30FN5O2. The van der Waals surface area contributed by atoms with E-state index < -0.39 is 17.4 Å². The lowest BCUT2D eigenvalue weighted by molar-refractivity contribution is -0.141. The highest BCUT2D eigenvalue weighted by atomic mass is 19.1. The zero-order valence-corrected chi connectivity index (χ0v) is 17.7. The molecule has 1 unspecified atom stereocenters. The molecule has 30 heavy (non-hydrogen) atoms. The van der Waals surface area contributed by atoms with Gasteiger partial charge in [0.15, 0.2) is 0 Å². The molecule has 2 aromatic rings. The molecule has 1 aromatic heterocycles. The fraction of sp³-hybridized carbons (Fsp3) is 0.409. The van der Waals surface area contributed by atoms with E-state index in [2.05, 4.69) is 10.3 Å². The van der Waals surface area contributed by atoms with Crippen molar-refractivity contribution >= 4 is 17.6 Å². The number of aromatic nitrogens is 1. The molecule has 0 bridgehead atoms. The summed E-state index contributed by atoms with van der Waals surface area (Å²) in [6.07, 6.45) is 2.61. The summed E-state index contributed by atoms with van der Waals surface area (Å²) in [5.74, 6) is -1.66. The number of rotatable bonds is 10. The topological polar surface area (TPSA) is 114 Å². The molecule has 0 aliphatic rings. The predicted octanol–water partition coefficient (Wildman–Crippen LogP) is 1.86. The summed E-state index contributed by atoms with van der Waals surface area (Å²) in [6.45, 7) is 4.50. The Labute approximate surface area is 176 Å². The average molecular weight is 416 g/mol. The number of nitrogens with two attached hydrogens (primary N) is 2. The van der Waals surface area contributed by atoms with Gasteiger partial charge in [0.1, 0.15) is 17.2 Å². The second-order valence-electron chi connectivity index (χ2n) is 7.63. The SMILES string of the molecule is CCCN(C)C(C)(C(N)=O)[C@H](Cc1ccc(F)cc1)C(=O)NCc1ccc(N)nc1. The van der Waals surface area contributed by atoms with Crippen LogP contribution in [0.2, 0.25) is 0 Å². The number of carbonyl (C=O) groups excluding carboxylic acids is 2. The number of benzene rings is 1. The van der Waals surface area contributed by atoms with Crippen LogP contribution in [0.5, 0.6) is 0 Å². The lowest BCUT2D eigenvalue weighted by Crippen LogP contribution is -2.62. The molecule has 5 N–H and O–H groups in total. The van der Waals surface area contributed by atoms with Crippen molar-refractivity contribution in [1.82, 2.24) is 15.2 Å². The van der Waals surface area contributed by atoms with Gasteiger partial charge < -0.3 is 16.8 Å². The molecule has 0 fully saturated rings. The summed E-state index contributed by atoms with van der Waals surface area (Å²) >= 11 is 0. The summed E-state index contributed by atoms with van der Waals surface area (Å²) < 4.78 is 13.3. The van der Waals surface area contributed by atoms with Crippen LogP contribution in [0.4, 0.5) is 10.2 Å². The first-order chi connectivity index (χ1) is 14.2. The van der Waals surface area contributed by atoms with Gasteiger partial charge >= 0.3 is 0 Å². The van der Waals surface area contributed by atoms with Gasteiger partial charge in [0, 0.05) is 12.7 Å². The molecular weight excluding hydrogens is 385 g/mol. The van der Waals surface area contributed by atoms with E-state index >= 15 is 0 Å². The Balaban J connectivity index is 2.32. The number of likely N-dealkylation sites (N-methyl/N-ethyl adjacent to an activating group) is 1. The Morgan fingerprint density at radius 3 is 2.37 bits per heavy atom. The van der Waals surface area contributed by atoms with Crippen molar-refractivity contribution < 1.29 is 14.0 Å². The molecule has 0 saturated heterocycles. The van der Waals surface area contributed by atoms with Crippen molar-refractivity contribution in [2.45, 2.75) is 38.8 Å². The Bertz CT molecular complexity index is 857. The first kappa shape index (κ1) is 23.3. The maximum absolute atomic E-state index is 13.3. The Kier molecular flexibility index (Phi) is 7.88. The van der Waals surface area contributed by atoms with Crippen molar-refractivity contribution in [2.75, 3.05) is 19.3 Å². The minimum Gasteiger partial charge on any atom is -0.384 e. The third kappa shape index (κ3) is 5.54. The number of amides is 2. The van der Waals surface area contributed by atoms with E-state index in [1.54, 1.807) is 44.4 Å². The number of pyridine rings is 1. The van der Waals surface area contributed by atoms with Crippen molar-refractivity contribution in [1.29, 1.82) is 0 Å². The Morgan fingerprint density at radius 2 is 1.83 bits per heavy atom. The third-order valence-corrected chi connectivity index (χ3v) is 5.51. The average Bonchev–Trinajstić information content (AvgIpc) is 2.72. The summed E-state index contributed by atoms with van der Waals surface area (Å²) in [6, 6.07) is 9.32. The van der Waals surface area contributed by atoms with Crippen molar-refractivity contribution in [3.05, 3.63) is 59.5 Å². The molecule has 2 amide bonds. The fourth-order valence-corrected chi connectivity index (χ4v) is 3.45. The maximum Gasteiger partial charge on any atom is 0.238 e. The molecule has 2 rings (SSSR count). The van der Waals surface area contributed by atoms with Gasteiger partial charge in [0.2, 0.25) is 11.8 Å². The quantitative estimate of drug-likeness (QED) is 0.548. The van der Waals surface area contributed by atoms with Crippen molar-refractivity contribution in [3.8, 4) is 0 Å². The number of hydrogen-bond acceptors (Lipinski definition) is 5. The smallest absolute Gasteiger partial charge is 0.238 e. The monoisotopic (exact) mass is 415 g/mol. The number of hydrogen-bond donors (Lipinski definition) is 3. The van der Waals surface area contributed by atoms with E-state index in [0.29, 0.717) is 12.4 Å². The number of anilines is 1. The van der Waals surface area contributed by atoms with Crippen molar-refractivity contribution in [2.24, 2.45) is 11.7 Å². The normalized spacial score (nSPS) is 14.2. The first-order valence-corrected chi connectivity index (χ1v) is 9.92. The van der Waals surface area contributed by atoms with Crippen LogP contribution in [0.25, 0.3) is 0 Å². The van der Waals surface area contributed by atoms with Crippen LogP contribution in [-0.2, 0) is 22.6 Å². The predicted molar refractivity (Wildman–Crippen MR) is 115 cm³/mol. The van der Waals surface area contributed by atoms with Crippen LogP contribution in [0.3, 0.4) is 0 Å². The molecule has 162 valence electrons. The van der Waals surface area contributed by atoms with Crippen LogP contribution in [0.1, 0.15) is 31.4 Å². The van der Waals surface area contributed by atoms with Crippen LogP contribution in [0.15, 0.2) is 42.6 Å². The molecule has 0 radical (unpaired) electrons. The lowest BCUT2D eigenvalue weighted by Gasteiger charge is -2.41. The van der Waals surface area contributed by atoms with Crippen LogP contribution >= 0.6 is 0 Å². The van der Waals surface area contributed by atoms with E-state index in [1.807, 2.05) is 11.8 Å². The van der Waals surface area contributed by atoms with Gasteiger partial charge in [-0.1, -0.05) is 25.1 Å². The summed E-state index contributed by atoms with van der Waals surface area (Å²) in [5.41, 5.74) is 11.7. The Hall–Kier alpha value is -3.00. The van der Waals surface area contributed by atoms with Gasteiger partial charge in [0.25, 0.3) is 0 Å². The number of nitrogen functional groups attached to an aromatic ring is 1. The highest BCUT2D eigenvalue weighted by molar-refractivity contribution is 5.92. The molecule has 1 aromatic carbocycles. The van der Waals surface area contributed by atoms with E-state index in [1.165, 1.54) is 12.1 Å². The highest BCUT2D eigenvalue weighted by Crippen LogP contribution is 2.28. The molecule has 0 aliphatic heterocycles. The molecule has 0 aliphatic carbocycles.